The number of nitrogens with zero attached hydrogens (tertiary/aromatic N) is 2. The van der Waals surface area contributed by atoms with Crippen molar-refractivity contribution < 1.29 is 0 Å². The van der Waals surface area contributed by atoms with Gasteiger partial charge in [0.15, 0.2) is 0 Å². The van der Waals surface area contributed by atoms with Crippen LogP contribution in [0.3, 0.4) is 0 Å². The van der Waals surface area contributed by atoms with E-state index in [4.69, 9.17) is 0 Å². The quantitative estimate of drug-likeness (QED) is 0.163. The van der Waals surface area contributed by atoms with Crippen LogP contribution in [-0.2, 0) is 43.3 Å². The summed E-state index contributed by atoms with van der Waals surface area (Å²) >= 11 is 0. The van der Waals surface area contributed by atoms with Crippen LogP contribution in [0.4, 0.5) is 34.1 Å². The lowest BCUT2D eigenvalue weighted by atomic mass is 9.33. The number of hydrogen-bond acceptors (Lipinski definition) is 2. The second-order valence-electron chi connectivity index (χ2n) is 28.4. The van der Waals surface area contributed by atoms with Crippen molar-refractivity contribution in [2.24, 2.45) is 0 Å². The molecule has 6 aromatic carbocycles. The topological polar surface area (TPSA) is 6.48 Å². The van der Waals surface area contributed by atoms with Crippen LogP contribution in [0.25, 0.3) is 11.1 Å². The highest BCUT2D eigenvalue weighted by atomic mass is 15.2. The Balaban J connectivity index is 1.31. The molecule has 0 fully saturated rings. The SMILES string of the molecule is CC(C)(C)c1ccc(N2c3cc4c(cc3B3c5cc6c(cc5N(c5ccc7c(c5)C(C)(C)CCC7(C)C)c5cc(C(C)(C)C)cc2c53)C(C)(C)CC6(C)C)C(C)(C)CC4(C)C)c(-c2ccccc2)c1. The molecular formula is C66H79BN2. The van der Waals surface area contributed by atoms with Gasteiger partial charge in [0.05, 0.1) is 5.69 Å². The lowest BCUT2D eigenvalue weighted by Crippen LogP contribution is -2.62. The van der Waals surface area contributed by atoms with Crippen LogP contribution in [0.1, 0.15) is 195 Å². The predicted molar refractivity (Wildman–Crippen MR) is 300 cm³/mol. The van der Waals surface area contributed by atoms with E-state index < -0.39 is 0 Å². The van der Waals surface area contributed by atoms with Crippen molar-refractivity contribution >= 4 is 57.2 Å². The molecule has 0 N–H and O–H groups in total. The Hall–Kier alpha value is -5.02. The molecule has 0 saturated carbocycles. The number of rotatable bonds is 3. The van der Waals surface area contributed by atoms with Gasteiger partial charge in [-0.3, -0.25) is 0 Å². The normalized spacial score (nSPS) is 20.4. The van der Waals surface area contributed by atoms with Crippen LogP contribution in [-0.4, -0.2) is 6.71 Å². The zero-order valence-electron chi connectivity index (χ0n) is 45.6. The number of benzene rings is 6. The molecular weight excluding hydrogens is 832 g/mol. The third kappa shape index (κ3) is 6.92. The molecule has 2 aliphatic heterocycles. The van der Waals surface area contributed by atoms with E-state index in [-0.39, 0.29) is 50.0 Å². The minimum Gasteiger partial charge on any atom is -0.311 e. The molecule has 0 saturated heterocycles. The largest absolute Gasteiger partial charge is 0.311 e. The van der Waals surface area contributed by atoms with Crippen molar-refractivity contribution in [3.8, 4) is 11.1 Å². The first-order chi connectivity index (χ1) is 31.9. The fourth-order valence-corrected chi connectivity index (χ4v) is 14.6. The van der Waals surface area contributed by atoms with Gasteiger partial charge in [-0.25, -0.2) is 0 Å². The fourth-order valence-electron chi connectivity index (χ4n) is 14.6. The Morgan fingerprint density at radius 1 is 0.391 bits per heavy atom. The Kier molecular flexibility index (Phi) is 9.63. The van der Waals surface area contributed by atoms with Gasteiger partial charge in [0.2, 0.25) is 0 Å². The van der Waals surface area contributed by atoms with Crippen molar-refractivity contribution in [3.05, 3.63) is 148 Å². The molecule has 0 bridgehead atoms. The Labute approximate surface area is 417 Å². The van der Waals surface area contributed by atoms with E-state index in [0.29, 0.717) is 0 Å². The smallest absolute Gasteiger partial charge is 0.252 e. The summed E-state index contributed by atoms with van der Waals surface area (Å²) in [5.74, 6) is 0. The summed E-state index contributed by atoms with van der Waals surface area (Å²) in [5.41, 5.74) is 26.6. The summed E-state index contributed by atoms with van der Waals surface area (Å²) in [5, 5.41) is 0. The molecule has 0 amide bonds. The number of hydrogen-bond donors (Lipinski definition) is 0. The van der Waals surface area contributed by atoms with Gasteiger partial charge >= 0.3 is 0 Å². The lowest BCUT2D eigenvalue weighted by Gasteiger charge is -2.47. The van der Waals surface area contributed by atoms with Gasteiger partial charge in [-0.05, 0) is 184 Å². The molecule has 0 unspecified atom stereocenters. The molecule has 3 heteroatoms. The first-order valence-electron chi connectivity index (χ1n) is 26.4. The van der Waals surface area contributed by atoms with E-state index in [2.05, 4.69) is 238 Å². The van der Waals surface area contributed by atoms with Crippen LogP contribution >= 0.6 is 0 Å². The summed E-state index contributed by atoms with van der Waals surface area (Å²) in [6.07, 6.45) is 4.64. The molecule has 11 rings (SSSR count). The minimum atomic E-state index is -0.118. The summed E-state index contributed by atoms with van der Waals surface area (Å²) in [6.45, 7) is 44.1. The molecule has 0 radical (unpaired) electrons. The van der Waals surface area contributed by atoms with E-state index in [9.17, 15) is 0 Å². The molecule has 5 aliphatic rings. The van der Waals surface area contributed by atoms with E-state index in [1.807, 2.05) is 0 Å². The summed E-state index contributed by atoms with van der Waals surface area (Å²) in [6, 6.07) is 42.1. The maximum atomic E-state index is 2.74. The Morgan fingerprint density at radius 3 is 1.38 bits per heavy atom. The maximum Gasteiger partial charge on any atom is 0.252 e. The molecule has 6 aromatic rings. The third-order valence-electron chi connectivity index (χ3n) is 18.2. The molecule has 0 atom stereocenters. The van der Waals surface area contributed by atoms with Gasteiger partial charge in [0.25, 0.3) is 6.71 Å². The van der Waals surface area contributed by atoms with Crippen molar-refractivity contribution in [2.75, 3.05) is 9.80 Å². The second kappa shape index (κ2) is 14.3. The molecule has 2 nitrogen and oxygen atoms in total. The highest BCUT2D eigenvalue weighted by Crippen LogP contribution is 2.57. The second-order valence-corrected chi connectivity index (χ2v) is 28.4. The van der Waals surface area contributed by atoms with E-state index in [0.717, 1.165) is 12.8 Å². The average Bonchev–Trinajstić information content (AvgIpc) is 3.56. The zero-order chi connectivity index (χ0) is 49.6. The van der Waals surface area contributed by atoms with Gasteiger partial charge in [-0.2, -0.15) is 0 Å². The zero-order valence-corrected chi connectivity index (χ0v) is 45.6. The fraction of sp³-hybridized carbons (Fsp3) is 0.455. The van der Waals surface area contributed by atoms with E-state index in [1.54, 1.807) is 0 Å². The van der Waals surface area contributed by atoms with Crippen molar-refractivity contribution in [3.63, 3.8) is 0 Å². The Bertz CT molecular complexity index is 3140. The number of anilines is 6. The van der Waals surface area contributed by atoms with Gasteiger partial charge in [-0.1, -0.05) is 179 Å². The minimum absolute atomic E-state index is 0.0137. The molecule has 2 heterocycles. The van der Waals surface area contributed by atoms with E-state index >= 15 is 0 Å². The first kappa shape index (κ1) is 46.4. The van der Waals surface area contributed by atoms with Crippen LogP contribution in [0.2, 0.25) is 0 Å². The molecule has 69 heavy (non-hydrogen) atoms. The molecule has 0 spiro atoms. The van der Waals surface area contributed by atoms with Crippen molar-refractivity contribution in [1.82, 2.24) is 0 Å². The van der Waals surface area contributed by atoms with Gasteiger partial charge in [0.1, 0.15) is 0 Å². The summed E-state index contributed by atoms with van der Waals surface area (Å²) < 4.78 is 0. The van der Waals surface area contributed by atoms with Crippen LogP contribution in [0.5, 0.6) is 0 Å². The number of fused-ring (bicyclic) bond motifs is 7. The Morgan fingerprint density at radius 2 is 0.855 bits per heavy atom. The monoisotopic (exact) mass is 911 g/mol. The van der Waals surface area contributed by atoms with E-state index in [1.165, 1.54) is 119 Å². The lowest BCUT2D eigenvalue weighted by molar-refractivity contribution is 0.332. The van der Waals surface area contributed by atoms with Gasteiger partial charge in [-0.15, -0.1) is 0 Å². The molecule has 356 valence electrons. The van der Waals surface area contributed by atoms with Crippen LogP contribution in [0.15, 0.2) is 103 Å². The first-order valence-corrected chi connectivity index (χ1v) is 26.4. The van der Waals surface area contributed by atoms with Crippen molar-refractivity contribution in [1.29, 1.82) is 0 Å². The summed E-state index contributed by atoms with van der Waals surface area (Å²) in [4.78, 5) is 5.47. The summed E-state index contributed by atoms with van der Waals surface area (Å²) in [7, 11) is 0. The van der Waals surface area contributed by atoms with Gasteiger partial charge < -0.3 is 9.80 Å². The average molecular weight is 911 g/mol. The van der Waals surface area contributed by atoms with Crippen LogP contribution < -0.4 is 26.2 Å². The highest BCUT2D eigenvalue weighted by Gasteiger charge is 2.51. The van der Waals surface area contributed by atoms with Crippen molar-refractivity contribution in [2.45, 2.75) is 194 Å². The molecule has 3 aliphatic carbocycles. The standard InChI is InChI=1S/C66H79BN2/c1-59(2,3)41-24-27-53(44(30-41)40-22-20-19-21-23-40)69-55-37-50-48(64(13,14)39-66(50,17)18)35-52(55)67-51-34-47-49(65(15,16)38-63(47,11)12)36-54(51)68(56-31-42(60(4,5)6)32-57(69)58(56)67)43-25-26-45-46(33-43)62(9,10)29-28-61(45,7)8/h19-27,30-37H,28-29,38-39H2,1-18H3. The predicted octanol–water partition coefficient (Wildman–Crippen LogP) is 16.3. The highest BCUT2D eigenvalue weighted by molar-refractivity contribution is 7.00. The molecule has 0 aromatic heterocycles. The maximum absolute atomic E-state index is 2.74. The van der Waals surface area contributed by atoms with Gasteiger partial charge in [0, 0.05) is 34.0 Å². The van der Waals surface area contributed by atoms with Crippen LogP contribution in [0, 0.1) is 0 Å². The third-order valence-corrected chi connectivity index (χ3v) is 18.2.